The van der Waals surface area contributed by atoms with Crippen LogP contribution in [-0.4, -0.2) is 17.6 Å². The van der Waals surface area contributed by atoms with Gasteiger partial charge in [-0.2, -0.15) is 0 Å². The predicted octanol–water partition coefficient (Wildman–Crippen LogP) is 4.19. The molecule has 0 radical (unpaired) electrons. The van der Waals surface area contributed by atoms with E-state index in [0.717, 1.165) is 24.3 Å². The highest BCUT2D eigenvalue weighted by molar-refractivity contribution is 7.10. The zero-order valence-corrected chi connectivity index (χ0v) is 14.0. The van der Waals surface area contributed by atoms with E-state index >= 15 is 0 Å². The Hall–Kier alpha value is -1.39. The summed E-state index contributed by atoms with van der Waals surface area (Å²) in [7, 11) is 0. The van der Waals surface area contributed by atoms with Crippen molar-refractivity contribution in [3.63, 3.8) is 0 Å². The third kappa shape index (κ3) is 4.05. The Morgan fingerprint density at radius 3 is 2.76 bits per heavy atom. The predicted molar refractivity (Wildman–Crippen MR) is 89.2 cm³/mol. The van der Waals surface area contributed by atoms with Crippen LogP contribution in [0.25, 0.3) is 0 Å². The molecule has 0 bridgehead atoms. The standard InChI is InChI=1S/C17H24N2OS/c1-5-13-7-8-21-17(13)16(19-6-2)14-9-15(11-18-10-14)20-12(3)4/h7-12,16,19H,5-6H2,1-4H3. The zero-order valence-electron chi connectivity index (χ0n) is 13.2. The fourth-order valence-electron chi connectivity index (χ4n) is 2.39. The number of aromatic nitrogens is 1. The van der Waals surface area contributed by atoms with Crippen molar-refractivity contribution in [1.29, 1.82) is 0 Å². The molecule has 0 aliphatic heterocycles. The summed E-state index contributed by atoms with van der Waals surface area (Å²) >= 11 is 1.81. The molecule has 1 unspecified atom stereocenters. The van der Waals surface area contributed by atoms with Crippen molar-refractivity contribution in [2.45, 2.75) is 46.3 Å². The van der Waals surface area contributed by atoms with Gasteiger partial charge in [0.2, 0.25) is 0 Å². The first-order valence-electron chi connectivity index (χ1n) is 7.56. The van der Waals surface area contributed by atoms with Crippen molar-refractivity contribution in [3.8, 4) is 5.75 Å². The van der Waals surface area contributed by atoms with Gasteiger partial charge in [0.05, 0.1) is 18.3 Å². The van der Waals surface area contributed by atoms with Gasteiger partial charge in [0.1, 0.15) is 5.75 Å². The summed E-state index contributed by atoms with van der Waals surface area (Å²) < 4.78 is 5.77. The minimum absolute atomic E-state index is 0.160. The van der Waals surface area contributed by atoms with Crippen molar-refractivity contribution >= 4 is 11.3 Å². The van der Waals surface area contributed by atoms with E-state index in [1.807, 2.05) is 20.0 Å². The maximum Gasteiger partial charge on any atom is 0.138 e. The lowest BCUT2D eigenvalue weighted by molar-refractivity contribution is 0.241. The van der Waals surface area contributed by atoms with Crippen LogP contribution in [0.5, 0.6) is 5.75 Å². The SMILES string of the molecule is CCNC(c1cncc(OC(C)C)c1)c1sccc1CC. The first-order chi connectivity index (χ1) is 10.2. The smallest absolute Gasteiger partial charge is 0.138 e. The zero-order chi connectivity index (χ0) is 15.2. The third-order valence-electron chi connectivity index (χ3n) is 3.27. The normalized spacial score (nSPS) is 12.6. The number of rotatable bonds is 7. The molecule has 2 aromatic heterocycles. The number of hydrogen-bond donors (Lipinski definition) is 1. The van der Waals surface area contributed by atoms with Crippen molar-refractivity contribution in [2.24, 2.45) is 0 Å². The Labute approximate surface area is 131 Å². The quantitative estimate of drug-likeness (QED) is 0.833. The summed E-state index contributed by atoms with van der Waals surface area (Å²) in [4.78, 5) is 5.72. The molecule has 0 aliphatic rings. The Bertz CT molecular complexity index is 565. The minimum atomic E-state index is 0.160. The summed E-state index contributed by atoms with van der Waals surface area (Å²) in [6.07, 6.45) is 4.92. The molecule has 0 amide bonds. The van der Waals surface area contributed by atoms with E-state index in [1.54, 1.807) is 17.5 Å². The number of nitrogens with one attached hydrogen (secondary N) is 1. The molecule has 1 N–H and O–H groups in total. The van der Waals surface area contributed by atoms with Gasteiger partial charge in [0, 0.05) is 11.1 Å². The molecule has 0 aromatic carbocycles. The molecule has 114 valence electrons. The highest BCUT2D eigenvalue weighted by atomic mass is 32.1. The van der Waals surface area contributed by atoms with Gasteiger partial charge in [-0.3, -0.25) is 4.98 Å². The van der Waals surface area contributed by atoms with Crippen LogP contribution >= 0.6 is 11.3 Å². The number of hydrogen-bond acceptors (Lipinski definition) is 4. The molecule has 3 nitrogen and oxygen atoms in total. The highest BCUT2D eigenvalue weighted by Crippen LogP contribution is 2.31. The van der Waals surface area contributed by atoms with E-state index < -0.39 is 0 Å². The van der Waals surface area contributed by atoms with E-state index in [-0.39, 0.29) is 12.1 Å². The van der Waals surface area contributed by atoms with E-state index in [9.17, 15) is 0 Å². The molecular formula is C17H24N2OS. The molecular weight excluding hydrogens is 280 g/mol. The van der Waals surface area contributed by atoms with Crippen molar-refractivity contribution in [1.82, 2.24) is 10.3 Å². The molecule has 0 saturated carbocycles. The topological polar surface area (TPSA) is 34.2 Å². The first-order valence-corrected chi connectivity index (χ1v) is 8.44. The number of aryl methyl sites for hydroxylation is 1. The van der Waals surface area contributed by atoms with Gasteiger partial charge in [-0.1, -0.05) is 13.8 Å². The van der Waals surface area contributed by atoms with E-state index in [2.05, 4.69) is 41.7 Å². The van der Waals surface area contributed by atoms with Gasteiger partial charge in [-0.05, 0) is 55.5 Å². The average Bonchev–Trinajstić information content (AvgIpc) is 2.92. The lowest BCUT2D eigenvalue weighted by Crippen LogP contribution is -2.22. The maximum absolute atomic E-state index is 5.77. The summed E-state index contributed by atoms with van der Waals surface area (Å²) in [5, 5.41) is 5.74. The molecule has 2 aromatic rings. The van der Waals surface area contributed by atoms with Crippen molar-refractivity contribution in [2.75, 3.05) is 6.54 Å². The second kappa shape index (κ2) is 7.57. The number of ether oxygens (including phenoxy) is 1. The van der Waals surface area contributed by atoms with Crippen LogP contribution in [0.4, 0.5) is 0 Å². The Balaban J connectivity index is 2.34. The molecule has 4 heteroatoms. The van der Waals surface area contributed by atoms with E-state index in [1.165, 1.54) is 10.4 Å². The monoisotopic (exact) mass is 304 g/mol. The minimum Gasteiger partial charge on any atom is -0.489 e. The van der Waals surface area contributed by atoms with E-state index in [4.69, 9.17) is 4.74 Å². The Morgan fingerprint density at radius 1 is 1.29 bits per heavy atom. The van der Waals surface area contributed by atoms with Gasteiger partial charge < -0.3 is 10.1 Å². The highest BCUT2D eigenvalue weighted by Gasteiger charge is 2.18. The van der Waals surface area contributed by atoms with Crippen LogP contribution in [-0.2, 0) is 6.42 Å². The fraction of sp³-hybridized carbons (Fsp3) is 0.471. The van der Waals surface area contributed by atoms with Crippen LogP contribution in [0.2, 0.25) is 0 Å². The van der Waals surface area contributed by atoms with Crippen molar-refractivity contribution in [3.05, 3.63) is 45.9 Å². The molecule has 0 spiro atoms. The van der Waals surface area contributed by atoms with Gasteiger partial charge in [0.15, 0.2) is 0 Å². The van der Waals surface area contributed by atoms with Crippen LogP contribution in [0, 0.1) is 0 Å². The summed E-state index contributed by atoms with van der Waals surface area (Å²) in [6.45, 7) is 9.31. The average molecular weight is 304 g/mol. The maximum atomic E-state index is 5.77. The Morgan fingerprint density at radius 2 is 2.10 bits per heavy atom. The van der Waals surface area contributed by atoms with Crippen LogP contribution in [0.3, 0.4) is 0 Å². The Kier molecular flexibility index (Phi) is 5.76. The molecule has 0 saturated heterocycles. The lowest BCUT2D eigenvalue weighted by Gasteiger charge is -2.19. The second-order valence-corrected chi connectivity index (χ2v) is 6.22. The van der Waals surface area contributed by atoms with Gasteiger partial charge in [-0.25, -0.2) is 0 Å². The van der Waals surface area contributed by atoms with Gasteiger partial charge >= 0.3 is 0 Å². The molecule has 2 rings (SSSR count). The third-order valence-corrected chi connectivity index (χ3v) is 4.30. The summed E-state index contributed by atoms with van der Waals surface area (Å²) in [5.74, 6) is 0.833. The number of thiophene rings is 1. The molecule has 1 atom stereocenters. The van der Waals surface area contributed by atoms with Crippen LogP contribution < -0.4 is 10.1 Å². The van der Waals surface area contributed by atoms with Crippen molar-refractivity contribution < 1.29 is 4.74 Å². The molecule has 0 aliphatic carbocycles. The van der Waals surface area contributed by atoms with Crippen LogP contribution in [0.15, 0.2) is 29.9 Å². The summed E-state index contributed by atoms with van der Waals surface area (Å²) in [5.41, 5.74) is 2.56. The molecule has 2 heterocycles. The first kappa shape index (κ1) is 16.0. The number of nitrogens with zero attached hydrogens (tertiary/aromatic N) is 1. The summed E-state index contributed by atoms with van der Waals surface area (Å²) in [6, 6.07) is 4.50. The largest absolute Gasteiger partial charge is 0.489 e. The second-order valence-electron chi connectivity index (χ2n) is 5.27. The lowest BCUT2D eigenvalue weighted by atomic mass is 10.0. The number of pyridine rings is 1. The molecule has 21 heavy (non-hydrogen) atoms. The van der Waals surface area contributed by atoms with E-state index in [0.29, 0.717) is 0 Å². The van der Waals surface area contributed by atoms with Gasteiger partial charge in [0.25, 0.3) is 0 Å². The van der Waals surface area contributed by atoms with Crippen LogP contribution in [0.1, 0.15) is 49.7 Å². The van der Waals surface area contributed by atoms with Gasteiger partial charge in [-0.15, -0.1) is 11.3 Å². The molecule has 0 fully saturated rings. The fourth-order valence-corrected chi connectivity index (χ4v) is 3.49.